The predicted molar refractivity (Wildman–Crippen MR) is 277 cm³/mol. The van der Waals surface area contributed by atoms with Crippen LogP contribution in [0.2, 0.25) is 0 Å². The summed E-state index contributed by atoms with van der Waals surface area (Å²) in [5.74, 6) is 1.89. The molecular formula is C62H51N3O. The van der Waals surface area contributed by atoms with Crippen LogP contribution < -0.4 is 0 Å². The first-order valence-electron chi connectivity index (χ1n) is 23.1. The summed E-state index contributed by atoms with van der Waals surface area (Å²) < 4.78 is 6.21. The molecule has 0 saturated heterocycles. The fraction of sp³-hybridized carbons (Fsp3) is 0.113. The van der Waals surface area contributed by atoms with Gasteiger partial charge in [-0.15, -0.1) is 0 Å². The Hall–Kier alpha value is -7.95. The van der Waals surface area contributed by atoms with Crippen LogP contribution in [0.3, 0.4) is 0 Å². The third-order valence-corrected chi connectivity index (χ3v) is 12.9. The number of furan rings is 1. The second kappa shape index (κ2) is 17.6. The smallest absolute Gasteiger partial charge is 0.164 e. The summed E-state index contributed by atoms with van der Waals surface area (Å²) >= 11 is 0. The number of aromatic nitrogens is 3. The molecule has 66 heavy (non-hydrogen) atoms. The number of rotatable bonds is 8. The predicted octanol–water partition coefficient (Wildman–Crippen LogP) is 16.7. The highest BCUT2D eigenvalue weighted by molar-refractivity contribution is 6.12. The van der Waals surface area contributed by atoms with Gasteiger partial charge in [0, 0.05) is 27.5 Å². The van der Waals surface area contributed by atoms with E-state index < -0.39 is 5.41 Å². The van der Waals surface area contributed by atoms with E-state index in [1.54, 1.807) is 0 Å². The van der Waals surface area contributed by atoms with Crippen LogP contribution in [0.15, 0.2) is 211 Å². The molecule has 4 nitrogen and oxygen atoms in total. The molecule has 2 aliphatic rings. The molecule has 0 atom stereocenters. The number of hydrogen-bond acceptors (Lipinski definition) is 4. The van der Waals surface area contributed by atoms with E-state index in [2.05, 4.69) is 184 Å². The van der Waals surface area contributed by atoms with Gasteiger partial charge in [0.05, 0.1) is 5.41 Å². The van der Waals surface area contributed by atoms with Crippen molar-refractivity contribution in [3.63, 3.8) is 0 Å². The zero-order valence-corrected chi connectivity index (χ0v) is 38.1. The Morgan fingerprint density at radius 3 is 1.73 bits per heavy atom. The minimum absolute atomic E-state index is 0.484. The van der Waals surface area contributed by atoms with E-state index in [-0.39, 0.29) is 0 Å². The summed E-state index contributed by atoms with van der Waals surface area (Å²) in [5, 5.41) is 2.22. The third-order valence-electron chi connectivity index (χ3n) is 12.9. The number of benzene rings is 7. The largest absolute Gasteiger partial charge is 0.456 e. The topological polar surface area (TPSA) is 51.8 Å². The molecule has 0 radical (unpaired) electrons. The van der Waals surface area contributed by atoms with E-state index in [1.807, 2.05) is 51.1 Å². The average molecular weight is 854 g/mol. The highest BCUT2D eigenvalue weighted by atomic mass is 16.3. The molecule has 0 amide bonds. The van der Waals surface area contributed by atoms with Crippen LogP contribution in [0.1, 0.15) is 69.1 Å². The molecule has 0 N–H and O–H groups in total. The van der Waals surface area contributed by atoms with Gasteiger partial charge in [-0.05, 0) is 99.2 Å². The van der Waals surface area contributed by atoms with Gasteiger partial charge < -0.3 is 4.42 Å². The molecule has 0 unspecified atom stereocenters. The van der Waals surface area contributed by atoms with E-state index in [9.17, 15) is 0 Å². The first-order valence-corrected chi connectivity index (χ1v) is 23.1. The number of para-hydroxylation sites is 1. The number of allylic oxidation sites excluding steroid dienone is 9. The summed E-state index contributed by atoms with van der Waals surface area (Å²) in [6.07, 6.45) is 13.5. The van der Waals surface area contributed by atoms with Crippen LogP contribution in [0.5, 0.6) is 0 Å². The van der Waals surface area contributed by atoms with Crippen molar-refractivity contribution in [2.45, 2.75) is 46.5 Å². The molecule has 320 valence electrons. The molecule has 11 rings (SSSR count). The Labute approximate surface area is 387 Å². The van der Waals surface area contributed by atoms with Crippen molar-refractivity contribution in [1.29, 1.82) is 0 Å². The van der Waals surface area contributed by atoms with Crippen LogP contribution in [0.4, 0.5) is 0 Å². The van der Waals surface area contributed by atoms with Gasteiger partial charge in [0.1, 0.15) is 11.2 Å². The highest BCUT2D eigenvalue weighted by Gasteiger charge is 2.54. The lowest BCUT2D eigenvalue weighted by atomic mass is 9.68. The van der Waals surface area contributed by atoms with E-state index in [1.165, 1.54) is 50.1 Å². The first kappa shape index (κ1) is 42.0. The molecule has 0 saturated carbocycles. The fourth-order valence-corrected chi connectivity index (χ4v) is 10.4. The summed E-state index contributed by atoms with van der Waals surface area (Å²) in [4.78, 5) is 15.4. The lowest BCUT2D eigenvalue weighted by Gasteiger charge is -2.32. The maximum atomic E-state index is 6.21. The lowest BCUT2D eigenvalue weighted by Crippen LogP contribution is -2.26. The number of hydrogen-bond donors (Lipinski definition) is 0. The molecule has 4 heteroatoms. The molecule has 0 fully saturated rings. The van der Waals surface area contributed by atoms with Crippen molar-refractivity contribution in [2.75, 3.05) is 0 Å². The maximum Gasteiger partial charge on any atom is 0.164 e. The third kappa shape index (κ3) is 6.63. The zero-order valence-electron chi connectivity index (χ0n) is 38.1. The van der Waals surface area contributed by atoms with Crippen molar-refractivity contribution in [3.8, 4) is 56.2 Å². The minimum Gasteiger partial charge on any atom is -0.456 e. The van der Waals surface area contributed by atoms with Crippen molar-refractivity contribution in [3.05, 3.63) is 234 Å². The van der Waals surface area contributed by atoms with Crippen LogP contribution in [0, 0.1) is 0 Å². The van der Waals surface area contributed by atoms with Gasteiger partial charge in [-0.25, -0.2) is 15.0 Å². The van der Waals surface area contributed by atoms with Gasteiger partial charge in [-0.3, -0.25) is 0 Å². The molecule has 7 aromatic carbocycles. The van der Waals surface area contributed by atoms with Crippen molar-refractivity contribution in [1.82, 2.24) is 15.0 Å². The Morgan fingerprint density at radius 2 is 1.11 bits per heavy atom. The quantitative estimate of drug-likeness (QED) is 0.143. The van der Waals surface area contributed by atoms with Gasteiger partial charge >= 0.3 is 0 Å². The Bertz CT molecular complexity index is 3400. The number of nitrogens with zero attached hydrogens (tertiary/aromatic N) is 3. The lowest BCUT2D eigenvalue weighted by molar-refractivity contribution is 0.669. The fourth-order valence-electron chi connectivity index (χ4n) is 10.4. The Morgan fingerprint density at radius 1 is 0.576 bits per heavy atom. The molecule has 0 bridgehead atoms. The van der Waals surface area contributed by atoms with Crippen LogP contribution in [-0.2, 0) is 5.41 Å². The van der Waals surface area contributed by atoms with E-state index in [4.69, 9.17) is 19.4 Å². The van der Waals surface area contributed by atoms with Crippen LogP contribution in [-0.4, -0.2) is 15.0 Å². The molecule has 1 spiro atoms. The maximum absolute atomic E-state index is 6.21. The van der Waals surface area contributed by atoms with Gasteiger partial charge in [0.25, 0.3) is 0 Å². The summed E-state index contributed by atoms with van der Waals surface area (Å²) in [6, 6.07) is 56.4. The van der Waals surface area contributed by atoms with Crippen LogP contribution >= 0.6 is 0 Å². The summed E-state index contributed by atoms with van der Waals surface area (Å²) in [7, 11) is 0. The van der Waals surface area contributed by atoms with E-state index >= 15 is 0 Å². The van der Waals surface area contributed by atoms with Gasteiger partial charge in [-0.2, -0.15) is 0 Å². The van der Waals surface area contributed by atoms with E-state index in [0.717, 1.165) is 61.7 Å². The van der Waals surface area contributed by atoms with Crippen LogP contribution in [0.25, 0.3) is 89.2 Å². The molecule has 9 aromatic rings. The van der Waals surface area contributed by atoms with Crippen molar-refractivity contribution in [2.24, 2.45) is 0 Å². The van der Waals surface area contributed by atoms with Crippen molar-refractivity contribution < 1.29 is 4.42 Å². The monoisotopic (exact) mass is 853 g/mol. The van der Waals surface area contributed by atoms with Crippen molar-refractivity contribution >= 4 is 33.1 Å². The standard InChI is InChI=1S/C60H45N3O.C2H6/c1-5-17-40(18-6-2)57-61-58(41-34-30-38(31-35-41)43-23-16-29-54-55(43)49-22-11-14-28-53(49)64-54)63-59(62-57)42-36-32-39(33-37-42)44-24-15-25-48-45(19-7-3)50(8-4)60(56(44)48)51-26-12-9-20-46(51)47-21-10-13-27-52(47)60;1-2/h5,7-37H,3,6H2,1-2,4H3;1-2H3/b17-5-,40-18+,45-19-,50-8+;. The summed E-state index contributed by atoms with van der Waals surface area (Å²) in [6.45, 7) is 14.5. The summed E-state index contributed by atoms with van der Waals surface area (Å²) in [5.41, 5.74) is 18.8. The first-order chi connectivity index (χ1) is 32.6. The molecule has 0 aliphatic heterocycles. The highest BCUT2D eigenvalue weighted by Crippen LogP contribution is 2.65. The number of fused-ring (bicyclic) bond motifs is 10. The zero-order chi connectivity index (χ0) is 45.4. The molecular weight excluding hydrogens is 803 g/mol. The second-order valence-electron chi connectivity index (χ2n) is 16.4. The Balaban J connectivity index is 0.00000252. The SMILES string of the molecule is C=C/C=C1\C(=C/C)C2(c3ccccc3-c3ccccc32)c2c1cccc2-c1ccc(-c2nc(C(/C=C\C)=C/CC)nc(-c3ccc(-c4cccc5oc6ccccc6c45)cc3)n2)cc1.CC. The molecule has 2 heterocycles. The molecule has 2 aromatic heterocycles. The second-order valence-corrected chi connectivity index (χ2v) is 16.4. The normalized spacial score (nSPS) is 14.8. The minimum atomic E-state index is -0.484. The van der Waals surface area contributed by atoms with Gasteiger partial charge in [-0.1, -0.05) is 209 Å². The van der Waals surface area contributed by atoms with Gasteiger partial charge in [0.2, 0.25) is 0 Å². The van der Waals surface area contributed by atoms with E-state index in [0.29, 0.717) is 17.5 Å². The average Bonchev–Trinajstić information content (AvgIpc) is 4.01. The molecule has 2 aliphatic carbocycles. The van der Waals surface area contributed by atoms with Gasteiger partial charge in [0.15, 0.2) is 17.5 Å². The Kier molecular flexibility index (Phi) is 11.2.